The summed E-state index contributed by atoms with van der Waals surface area (Å²) in [6.07, 6.45) is 1.77. The van der Waals surface area contributed by atoms with E-state index in [2.05, 4.69) is 15.2 Å². The number of pyridine rings is 1. The Kier molecular flexibility index (Phi) is 6.06. The first kappa shape index (κ1) is 20.2. The van der Waals surface area contributed by atoms with Crippen LogP contribution >= 0.6 is 35.4 Å². The fourth-order valence-corrected chi connectivity index (χ4v) is 4.22. The van der Waals surface area contributed by atoms with Crippen LogP contribution in [0.25, 0.3) is 11.3 Å². The number of halogens is 2. The Hall–Kier alpha value is -2.12. The van der Waals surface area contributed by atoms with E-state index in [1.54, 1.807) is 19.4 Å². The highest BCUT2D eigenvalue weighted by Crippen LogP contribution is 2.41. The van der Waals surface area contributed by atoms with Gasteiger partial charge in [-0.1, -0.05) is 35.3 Å². The third-order valence-electron chi connectivity index (χ3n) is 4.87. The number of ether oxygens (including phenoxy) is 1. The Morgan fingerprint density at radius 2 is 2.03 bits per heavy atom. The molecule has 0 unspecified atom stereocenters. The van der Waals surface area contributed by atoms with Gasteiger partial charge in [0.2, 0.25) is 0 Å². The van der Waals surface area contributed by atoms with E-state index in [4.69, 9.17) is 44.6 Å². The fraction of sp³-hybridized carbons (Fsp3) is 0.238. The standard InChI is InChI=1S/C21H19Cl2N3O2S/c1-27-12-11-26-20(19(25-21(26)29)15-7-2-3-10-24-15)17-9-8-16(28-17)13-5-4-6-14(22)18(13)23/h2-10,19-20H,11-12H2,1H3,(H,25,29)/t19-,20-/m0/s1. The molecule has 2 aromatic heterocycles. The molecule has 0 amide bonds. The zero-order valence-electron chi connectivity index (χ0n) is 15.6. The summed E-state index contributed by atoms with van der Waals surface area (Å²) < 4.78 is 11.5. The van der Waals surface area contributed by atoms with Crippen molar-refractivity contribution < 1.29 is 9.15 Å². The number of methoxy groups -OCH3 is 1. The average Bonchev–Trinajstić information content (AvgIpc) is 3.33. The third kappa shape index (κ3) is 3.98. The van der Waals surface area contributed by atoms with Crippen molar-refractivity contribution in [3.05, 3.63) is 76.2 Å². The number of hydrogen-bond donors (Lipinski definition) is 1. The molecular weight excluding hydrogens is 429 g/mol. The van der Waals surface area contributed by atoms with Crippen LogP contribution < -0.4 is 5.32 Å². The zero-order chi connectivity index (χ0) is 20.4. The topological polar surface area (TPSA) is 50.5 Å². The molecule has 0 saturated carbocycles. The van der Waals surface area contributed by atoms with Crippen LogP contribution in [0.4, 0.5) is 0 Å². The lowest BCUT2D eigenvalue weighted by Gasteiger charge is -2.25. The summed E-state index contributed by atoms with van der Waals surface area (Å²) in [5, 5.41) is 4.97. The Morgan fingerprint density at radius 3 is 2.79 bits per heavy atom. The molecule has 1 aromatic carbocycles. The highest BCUT2D eigenvalue weighted by atomic mass is 35.5. The van der Waals surface area contributed by atoms with Gasteiger partial charge in [0.1, 0.15) is 17.6 Å². The number of hydrogen-bond acceptors (Lipinski definition) is 4. The van der Waals surface area contributed by atoms with E-state index in [9.17, 15) is 0 Å². The molecule has 1 aliphatic heterocycles. The molecule has 5 nitrogen and oxygen atoms in total. The molecule has 1 N–H and O–H groups in total. The lowest BCUT2D eigenvalue weighted by atomic mass is 10.0. The molecule has 0 aliphatic carbocycles. The SMILES string of the molecule is COCCN1C(=S)N[C@@H](c2ccccn2)[C@@H]1c1ccc(-c2cccc(Cl)c2Cl)o1. The second-order valence-corrected chi connectivity index (χ2v) is 7.79. The predicted octanol–water partition coefficient (Wildman–Crippen LogP) is 5.27. The summed E-state index contributed by atoms with van der Waals surface area (Å²) in [5.41, 5.74) is 1.63. The molecule has 150 valence electrons. The quantitative estimate of drug-likeness (QED) is 0.519. The highest BCUT2D eigenvalue weighted by molar-refractivity contribution is 7.80. The number of benzene rings is 1. The molecule has 0 bridgehead atoms. The van der Waals surface area contributed by atoms with Crippen LogP contribution in [0, 0.1) is 0 Å². The minimum atomic E-state index is -0.167. The first-order valence-electron chi connectivity index (χ1n) is 9.11. The van der Waals surface area contributed by atoms with Gasteiger partial charge in [-0.05, 0) is 48.6 Å². The van der Waals surface area contributed by atoms with Crippen molar-refractivity contribution in [2.24, 2.45) is 0 Å². The van der Waals surface area contributed by atoms with Gasteiger partial charge in [-0.25, -0.2) is 0 Å². The van der Waals surface area contributed by atoms with Gasteiger partial charge in [-0.2, -0.15) is 0 Å². The van der Waals surface area contributed by atoms with Crippen LogP contribution in [0.3, 0.4) is 0 Å². The Balaban J connectivity index is 1.73. The molecular formula is C21H19Cl2N3O2S. The minimum absolute atomic E-state index is 0.144. The number of furan rings is 1. The van der Waals surface area contributed by atoms with E-state index in [1.165, 1.54) is 0 Å². The summed E-state index contributed by atoms with van der Waals surface area (Å²) in [7, 11) is 1.67. The first-order valence-corrected chi connectivity index (χ1v) is 10.3. The van der Waals surface area contributed by atoms with Crippen LogP contribution in [-0.2, 0) is 4.74 Å². The van der Waals surface area contributed by atoms with E-state index in [1.807, 2.05) is 42.5 Å². The summed E-state index contributed by atoms with van der Waals surface area (Å²) in [6, 6.07) is 14.8. The van der Waals surface area contributed by atoms with Gasteiger partial charge >= 0.3 is 0 Å². The summed E-state index contributed by atoms with van der Waals surface area (Å²) in [6.45, 7) is 1.17. The maximum atomic E-state index is 6.38. The van der Waals surface area contributed by atoms with E-state index in [0.717, 1.165) is 17.0 Å². The monoisotopic (exact) mass is 447 g/mol. The van der Waals surface area contributed by atoms with Crippen molar-refractivity contribution in [3.63, 3.8) is 0 Å². The molecule has 3 heterocycles. The Labute approximate surface area is 184 Å². The second-order valence-electron chi connectivity index (χ2n) is 6.62. The smallest absolute Gasteiger partial charge is 0.170 e. The molecule has 1 saturated heterocycles. The van der Waals surface area contributed by atoms with Crippen LogP contribution in [0.15, 0.2) is 59.1 Å². The Bertz CT molecular complexity index is 1010. The van der Waals surface area contributed by atoms with Crippen LogP contribution in [0.2, 0.25) is 10.0 Å². The maximum Gasteiger partial charge on any atom is 0.170 e. The van der Waals surface area contributed by atoms with Gasteiger partial charge < -0.3 is 19.4 Å². The number of aromatic nitrogens is 1. The highest BCUT2D eigenvalue weighted by Gasteiger charge is 2.41. The lowest BCUT2D eigenvalue weighted by molar-refractivity contribution is 0.158. The molecule has 3 aromatic rings. The second kappa shape index (κ2) is 8.71. The summed E-state index contributed by atoms with van der Waals surface area (Å²) in [4.78, 5) is 6.59. The van der Waals surface area contributed by atoms with Gasteiger partial charge in [0, 0.05) is 25.4 Å². The third-order valence-corrected chi connectivity index (χ3v) is 6.04. The van der Waals surface area contributed by atoms with Gasteiger partial charge in [0.05, 0.1) is 28.4 Å². The molecule has 8 heteroatoms. The zero-order valence-corrected chi connectivity index (χ0v) is 18.0. The largest absolute Gasteiger partial charge is 0.459 e. The average molecular weight is 448 g/mol. The van der Waals surface area contributed by atoms with Crippen molar-refractivity contribution in [2.45, 2.75) is 12.1 Å². The number of thiocarbonyl (C=S) groups is 1. The fourth-order valence-electron chi connectivity index (χ4n) is 3.50. The van der Waals surface area contributed by atoms with Crippen LogP contribution in [0.5, 0.6) is 0 Å². The van der Waals surface area contributed by atoms with Crippen molar-refractivity contribution in [1.29, 1.82) is 0 Å². The summed E-state index contributed by atoms with van der Waals surface area (Å²) >= 11 is 18.1. The molecule has 29 heavy (non-hydrogen) atoms. The molecule has 1 aliphatic rings. The Morgan fingerprint density at radius 1 is 1.17 bits per heavy atom. The molecule has 1 fully saturated rings. The molecule has 0 spiro atoms. The predicted molar refractivity (Wildman–Crippen MR) is 118 cm³/mol. The van der Waals surface area contributed by atoms with E-state index in [-0.39, 0.29) is 12.1 Å². The van der Waals surface area contributed by atoms with Crippen molar-refractivity contribution in [3.8, 4) is 11.3 Å². The minimum Gasteiger partial charge on any atom is -0.459 e. The van der Waals surface area contributed by atoms with Gasteiger partial charge in [-0.3, -0.25) is 4.98 Å². The van der Waals surface area contributed by atoms with E-state index >= 15 is 0 Å². The van der Waals surface area contributed by atoms with Gasteiger partial charge in [0.15, 0.2) is 5.11 Å². The van der Waals surface area contributed by atoms with Gasteiger partial charge in [0.25, 0.3) is 0 Å². The van der Waals surface area contributed by atoms with Crippen molar-refractivity contribution in [1.82, 2.24) is 15.2 Å². The normalized spacial score (nSPS) is 18.9. The van der Waals surface area contributed by atoms with Crippen molar-refractivity contribution >= 4 is 40.5 Å². The molecule has 4 rings (SSSR count). The summed E-state index contributed by atoms with van der Waals surface area (Å²) in [5.74, 6) is 1.41. The van der Waals surface area contributed by atoms with Gasteiger partial charge in [-0.15, -0.1) is 0 Å². The number of rotatable bonds is 6. The van der Waals surface area contributed by atoms with E-state index < -0.39 is 0 Å². The lowest BCUT2D eigenvalue weighted by Crippen LogP contribution is -2.32. The van der Waals surface area contributed by atoms with Crippen LogP contribution in [0.1, 0.15) is 23.5 Å². The van der Waals surface area contributed by atoms with Crippen LogP contribution in [-0.4, -0.2) is 35.3 Å². The number of nitrogens with zero attached hydrogens (tertiary/aromatic N) is 2. The van der Waals surface area contributed by atoms with Crippen molar-refractivity contribution in [2.75, 3.05) is 20.3 Å². The molecule has 2 atom stereocenters. The first-order chi connectivity index (χ1) is 14.1. The van der Waals surface area contributed by atoms with E-state index in [0.29, 0.717) is 34.1 Å². The maximum absolute atomic E-state index is 6.38. The number of nitrogens with one attached hydrogen (secondary N) is 1. The molecule has 0 radical (unpaired) electrons.